The normalized spacial score (nSPS) is 18.1. The lowest BCUT2D eigenvalue weighted by Gasteiger charge is -2.33. The van der Waals surface area contributed by atoms with Gasteiger partial charge in [-0.15, -0.1) is 0 Å². The molecule has 1 aliphatic rings. The van der Waals surface area contributed by atoms with Crippen molar-refractivity contribution < 1.29 is 4.79 Å². The Morgan fingerprint density at radius 2 is 2.00 bits per heavy atom. The number of allylic oxidation sites excluding steroid dienone is 1. The van der Waals surface area contributed by atoms with Crippen molar-refractivity contribution in [1.82, 2.24) is 19.9 Å². The Morgan fingerprint density at radius 3 is 2.67 bits per heavy atom. The summed E-state index contributed by atoms with van der Waals surface area (Å²) in [5, 5.41) is 0. The number of amides is 1. The van der Waals surface area contributed by atoms with Crippen LogP contribution in [0.25, 0.3) is 11.1 Å². The molecule has 0 aliphatic carbocycles. The van der Waals surface area contributed by atoms with Crippen LogP contribution in [0.2, 0.25) is 0 Å². The fraction of sp³-hybridized carbons (Fsp3) is 0.455. The minimum atomic E-state index is -0.124. The van der Waals surface area contributed by atoms with Gasteiger partial charge in [0.2, 0.25) is 5.91 Å². The molecular formula is C22H28N4O. The van der Waals surface area contributed by atoms with Crippen LogP contribution in [0.1, 0.15) is 58.0 Å². The number of piperidine rings is 1. The molecule has 0 radical (unpaired) electrons. The first-order chi connectivity index (χ1) is 12.9. The fourth-order valence-corrected chi connectivity index (χ4v) is 3.47. The van der Waals surface area contributed by atoms with Crippen LogP contribution < -0.4 is 0 Å². The predicted octanol–water partition coefficient (Wildman–Crippen LogP) is 4.12. The zero-order valence-corrected chi connectivity index (χ0v) is 16.6. The van der Waals surface area contributed by atoms with E-state index in [4.69, 9.17) is 4.98 Å². The molecule has 0 bridgehead atoms. The van der Waals surface area contributed by atoms with Crippen LogP contribution in [-0.2, 0) is 10.2 Å². The van der Waals surface area contributed by atoms with E-state index in [0.717, 1.165) is 42.0 Å². The molecule has 2 aromatic rings. The summed E-state index contributed by atoms with van der Waals surface area (Å²) < 4.78 is 0. The van der Waals surface area contributed by atoms with E-state index in [9.17, 15) is 4.79 Å². The molecule has 5 nitrogen and oxygen atoms in total. The number of carbonyl (C=O) groups is 1. The molecule has 3 heterocycles. The van der Waals surface area contributed by atoms with E-state index in [0.29, 0.717) is 6.54 Å². The van der Waals surface area contributed by atoms with Gasteiger partial charge in [0.1, 0.15) is 5.82 Å². The summed E-state index contributed by atoms with van der Waals surface area (Å²) in [6, 6.07) is 3.98. The Labute approximate surface area is 161 Å². The van der Waals surface area contributed by atoms with Gasteiger partial charge in [0.05, 0.1) is 5.69 Å². The SMILES string of the molecule is CC=CC(=O)N1CCCC(c2nc(C(C)(C)C)ncc2-c2ccncc2)C1. The Balaban J connectivity index is 2.02. The Hall–Kier alpha value is -2.56. The van der Waals surface area contributed by atoms with Gasteiger partial charge in [-0.25, -0.2) is 9.97 Å². The smallest absolute Gasteiger partial charge is 0.246 e. The van der Waals surface area contributed by atoms with Gasteiger partial charge in [0.15, 0.2) is 0 Å². The number of pyridine rings is 1. The van der Waals surface area contributed by atoms with Gasteiger partial charge in [-0.2, -0.15) is 0 Å². The lowest BCUT2D eigenvalue weighted by molar-refractivity contribution is -0.127. The zero-order chi connectivity index (χ0) is 19.4. The highest BCUT2D eigenvalue weighted by Crippen LogP contribution is 2.34. The Bertz CT molecular complexity index is 824. The first-order valence-electron chi connectivity index (χ1n) is 9.59. The second-order valence-electron chi connectivity index (χ2n) is 8.10. The first-order valence-corrected chi connectivity index (χ1v) is 9.59. The standard InChI is InChI=1S/C22H28N4O/c1-5-7-19(27)26-13-6-8-17(15-26)20-18(16-9-11-23-12-10-16)14-24-21(25-20)22(2,3)4/h5,7,9-12,14,17H,6,8,13,15H2,1-4H3. The van der Waals surface area contributed by atoms with Crippen molar-refractivity contribution in [2.24, 2.45) is 0 Å². The molecule has 3 rings (SSSR count). The van der Waals surface area contributed by atoms with Gasteiger partial charge in [-0.3, -0.25) is 9.78 Å². The average Bonchev–Trinajstić information content (AvgIpc) is 2.68. The minimum Gasteiger partial charge on any atom is -0.339 e. The van der Waals surface area contributed by atoms with Gasteiger partial charge in [0.25, 0.3) is 0 Å². The molecule has 0 saturated carbocycles. The van der Waals surface area contributed by atoms with E-state index >= 15 is 0 Å². The van der Waals surface area contributed by atoms with Crippen LogP contribution >= 0.6 is 0 Å². The number of carbonyl (C=O) groups excluding carboxylic acids is 1. The van der Waals surface area contributed by atoms with Crippen LogP contribution in [0.15, 0.2) is 42.9 Å². The number of nitrogens with zero attached hydrogens (tertiary/aromatic N) is 4. The first kappa shape index (κ1) is 19.2. The highest BCUT2D eigenvalue weighted by atomic mass is 16.2. The van der Waals surface area contributed by atoms with E-state index < -0.39 is 0 Å². The summed E-state index contributed by atoms with van der Waals surface area (Å²) in [5.74, 6) is 1.13. The van der Waals surface area contributed by atoms with E-state index in [-0.39, 0.29) is 17.2 Å². The Morgan fingerprint density at radius 1 is 1.26 bits per heavy atom. The van der Waals surface area contributed by atoms with Gasteiger partial charge in [0, 0.05) is 48.6 Å². The van der Waals surface area contributed by atoms with Crippen LogP contribution in [0.5, 0.6) is 0 Å². The molecule has 0 spiro atoms. The molecule has 1 unspecified atom stereocenters. The van der Waals surface area contributed by atoms with Crippen molar-refractivity contribution in [3.05, 3.63) is 54.4 Å². The van der Waals surface area contributed by atoms with Gasteiger partial charge >= 0.3 is 0 Å². The fourth-order valence-electron chi connectivity index (χ4n) is 3.47. The maximum atomic E-state index is 12.4. The summed E-state index contributed by atoms with van der Waals surface area (Å²) in [5.41, 5.74) is 3.02. The highest BCUT2D eigenvalue weighted by Gasteiger charge is 2.28. The highest BCUT2D eigenvalue weighted by molar-refractivity contribution is 5.87. The Kier molecular flexibility index (Phi) is 5.68. The lowest BCUT2D eigenvalue weighted by atomic mass is 9.88. The lowest BCUT2D eigenvalue weighted by Crippen LogP contribution is -2.38. The van der Waals surface area contributed by atoms with Crippen molar-refractivity contribution in [1.29, 1.82) is 0 Å². The molecule has 2 aromatic heterocycles. The average molecular weight is 364 g/mol. The number of hydrogen-bond donors (Lipinski definition) is 0. The van der Waals surface area contributed by atoms with Crippen LogP contribution in [0.3, 0.4) is 0 Å². The monoisotopic (exact) mass is 364 g/mol. The van der Waals surface area contributed by atoms with Gasteiger partial charge in [-0.1, -0.05) is 26.8 Å². The maximum Gasteiger partial charge on any atom is 0.246 e. The molecule has 0 aromatic carbocycles. The van der Waals surface area contributed by atoms with Crippen molar-refractivity contribution in [3.8, 4) is 11.1 Å². The third kappa shape index (κ3) is 4.41. The van der Waals surface area contributed by atoms with E-state index in [1.54, 1.807) is 24.5 Å². The number of aromatic nitrogens is 3. The largest absolute Gasteiger partial charge is 0.339 e. The maximum absolute atomic E-state index is 12.4. The van der Waals surface area contributed by atoms with Gasteiger partial charge in [-0.05, 0) is 43.5 Å². The van der Waals surface area contributed by atoms with E-state index in [2.05, 4.69) is 30.7 Å². The third-order valence-electron chi connectivity index (χ3n) is 4.91. The third-order valence-corrected chi connectivity index (χ3v) is 4.91. The number of rotatable bonds is 3. The molecule has 1 atom stereocenters. The number of likely N-dealkylation sites (tertiary alicyclic amines) is 1. The summed E-state index contributed by atoms with van der Waals surface area (Å²) >= 11 is 0. The summed E-state index contributed by atoms with van der Waals surface area (Å²) in [6.45, 7) is 9.76. The van der Waals surface area contributed by atoms with Crippen molar-refractivity contribution in [2.45, 2.75) is 51.9 Å². The predicted molar refractivity (Wildman–Crippen MR) is 107 cm³/mol. The molecule has 1 fully saturated rings. The topological polar surface area (TPSA) is 59.0 Å². The van der Waals surface area contributed by atoms with E-state index in [1.807, 2.05) is 30.2 Å². The summed E-state index contributed by atoms with van der Waals surface area (Å²) in [6.07, 6.45) is 11.0. The van der Waals surface area contributed by atoms with Crippen LogP contribution in [0.4, 0.5) is 0 Å². The quantitative estimate of drug-likeness (QED) is 0.769. The molecule has 1 saturated heterocycles. The molecule has 142 valence electrons. The summed E-state index contributed by atoms with van der Waals surface area (Å²) in [4.78, 5) is 28.1. The minimum absolute atomic E-state index is 0.0813. The molecular weight excluding hydrogens is 336 g/mol. The van der Waals surface area contributed by atoms with Crippen molar-refractivity contribution in [2.75, 3.05) is 13.1 Å². The molecule has 0 N–H and O–H groups in total. The summed E-state index contributed by atoms with van der Waals surface area (Å²) in [7, 11) is 0. The molecule has 1 amide bonds. The molecule has 5 heteroatoms. The molecule has 1 aliphatic heterocycles. The second-order valence-corrected chi connectivity index (χ2v) is 8.10. The second kappa shape index (κ2) is 7.99. The van der Waals surface area contributed by atoms with Crippen LogP contribution in [-0.4, -0.2) is 38.8 Å². The molecule has 27 heavy (non-hydrogen) atoms. The number of hydrogen-bond acceptors (Lipinski definition) is 4. The van der Waals surface area contributed by atoms with Gasteiger partial charge < -0.3 is 4.90 Å². The van der Waals surface area contributed by atoms with E-state index in [1.165, 1.54) is 0 Å². The zero-order valence-electron chi connectivity index (χ0n) is 16.6. The van der Waals surface area contributed by atoms with Crippen molar-refractivity contribution in [3.63, 3.8) is 0 Å². The van der Waals surface area contributed by atoms with Crippen LogP contribution in [0, 0.1) is 0 Å². The van der Waals surface area contributed by atoms with Crippen molar-refractivity contribution >= 4 is 5.91 Å².